The summed E-state index contributed by atoms with van der Waals surface area (Å²) in [7, 11) is 0. The lowest BCUT2D eigenvalue weighted by molar-refractivity contribution is -0.131. The maximum atomic E-state index is 12.2. The van der Waals surface area contributed by atoms with Crippen molar-refractivity contribution in [3.8, 4) is 11.5 Å². The summed E-state index contributed by atoms with van der Waals surface area (Å²) in [5.74, 6) is 2.70. The summed E-state index contributed by atoms with van der Waals surface area (Å²) in [6.07, 6.45) is 23.6. The normalized spacial score (nSPS) is 14.6. The number of carboxylic acid groups (broad SMARTS) is 1. The zero-order valence-corrected chi connectivity index (χ0v) is 47.2. The molecule has 0 spiro atoms. The molecule has 2 amide bonds. The highest BCUT2D eigenvalue weighted by Crippen LogP contribution is 2.38. The van der Waals surface area contributed by atoms with E-state index in [0.717, 1.165) is 34.1 Å². The van der Waals surface area contributed by atoms with Crippen molar-refractivity contribution in [2.24, 2.45) is 15.1 Å². The average molecular weight is 1220 g/mol. The fourth-order valence-electron chi connectivity index (χ4n) is 7.53. The van der Waals surface area contributed by atoms with Crippen molar-refractivity contribution in [3.05, 3.63) is 242 Å². The Hall–Kier alpha value is -12.0. The Bertz CT molecular complexity index is 4030. The number of nitrogens with zero attached hydrogens (tertiary/aromatic N) is 5. The summed E-state index contributed by atoms with van der Waals surface area (Å²) in [6, 6.07) is 30.7. The number of aliphatic carboxylic acids is 1. The van der Waals surface area contributed by atoms with Crippen LogP contribution in [0.25, 0.3) is 62.8 Å². The van der Waals surface area contributed by atoms with Gasteiger partial charge in [-0.25, -0.2) is 28.8 Å². The molecule has 0 radical (unpaired) electrons. The van der Waals surface area contributed by atoms with Crippen LogP contribution >= 0.6 is 0 Å². The van der Waals surface area contributed by atoms with Crippen LogP contribution < -0.4 is 26.0 Å². The molecule has 2 aliphatic heterocycles. The van der Waals surface area contributed by atoms with Crippen LogP contribution in [0.1, 0.15) is 75.0 Å². The van der Waals surface area contributed by atoms with E-state index in [9.17, 15) is 38.7 Å². The van der Waals surface area contributed by atoms with E-state index in [1.165, 1.54) is 67.6 Å². The van der Waals surface area contributed by atoms with Crippen LogP contribution in [0.5, 0.6) is 11.5 Å². The first kappa shape index (κ1) is 67.8. The van der Waals surface area contributed by atoms with Gasteiger partial charge in [-0.15, -0.1) is 0 Å². The minimum Gasteiger partial charge on any atom is -0.485 e. The van der Waals surface area contributed by atoms with Crippen molar-refractivity contribution in [3.63, 3.8) is 0 Å². The third-order valence-electron chi connectivity index (χ3n) is 11.8. The van der Waals surface area contributed by atoms with E-state index in [-0.39, 0.29) is 13.1 Å². The number of rotatable bonds is 11. The number of alkyl carbamates (subject to hydrolysis) is 1. The van der Waals surface area contributed by atoms with Crippen molar-refractivity contribution in [2.75, 3.05) is 0 Å². The number of azide groups is 1. The smallest absolute Gasteiger partial charge is 0.411 e. The molecule has 9 heterocycles. The van der Waals surface area contributed by atoms with Gasteiger partial charge in [0, 0.05) is 77.5 Å². The van der Waals surface area contributed by atoms with Crippen LogP contribution in [0, 0.1) is 0 Å². The Kier molecular flexibility index (Phi) is 26.0. The SMILES string of the molecule is C.CC1(C)Oc2cc3oc(=O)ccc3cc2C[C@@H]1O.CC1(C)Oc2cc3oc(=O)ccc3cc2C[C@@H]1OC(=O)N/C=C/c1ccco1.O=C(O)/C=C/c1ccco1.O=C=N/C=C/c1ccco1.O=C=N/C=C/c1ccco1.[N-]=[N+]=NC(=O)/C=C/c1ccco1. The molecule has 2 aliphatic rings. The molecule has 2 atom stereocenters. The first-order valence-electron chi connectivity index (χ1n) is 26.0. The van der Waals surface area contributed by atoms with Gasteiger partial charge in [0.15, 0.2) is 0 Å². The highest BCUT2D eigenvalue weighted by molar-refractivity contribution is 5.92. The number of aliphatic hydroxyl groups is 1. The maximum absolute atomic E-state index is 12.2. The molecule has 0 saturated carbocycles. The molecule has 25 nitrogen and oxygen atoms in total. The number of amides is 2. The Balaban J connectivity index is 0.000000205. The second-order valence-electron chi connectivity index (χ2n) is 18.9. The van der Waals surface area contributed by atoms with Crippen molar-refractivity contribution in [2.45, 2.75) is 71.4 Å². The van der Waals surface area contributed by atoms with E-state index < -0.39 is 47.0 Å². The number of ether oxygens (including phenoxy) is 3. The van der Waals surface area contributed by atoms with Crippen LogP contribution in [0.2, 0.25) is 0 Å². The Morgan fingerprint density at radius 3 is 1.47 bits per heavy atom. The monoisotopic (exact) mass is 1210 g/mol. The number of fused-ring (bicyclic) bond motifs is 4. The molecule has 11 rings (SSSR count). The average Bonchev–Trinajstić information content (AvgIpc) is 2.16. The van der Waals surface area contributed by atoms with Crippen LogP contribution in [0.15, 0.2) is 227 Å². The predicted octanol–water partition coefficient (Wildman–Crippen LogP) is 13.0. The van der Waals surface area contributed by atoms with E-state index in [0.29, 0.717) is 64.3 Å². The van der Waals surface area contributed by atoms with Crippen molar-refractivity contribution in [1.29, 1.82) is 0 Å². The summed E-state index contributed by atoms with van der Waals surface area (Å²) < 4.78 is 52.4. The lowest BCUT2D eigenvalue weighted by Gasteiger charge is -2.39. The van der Waals surface area contributed by atoms with E-state index >= 15 is 0 Å². The van der Waals surface area contributed by atoms with E-state index in [1.807, 2.05) is 39.8 Å². The van der Waals surface area contributed by atoms with Crippen LogP contribution in [-0.2, 0) is 36.8 Å². The summed E-state index contributed by atoms with van der Waals surface area (Å²) in [5.41, 5.74) is 8.48. The molecular weight excluding hydrogens is 1160 g/mol. The standard InChI is InChI=1S/C21H19NO6.C14H14O4.C7H5N3O2.2C7H5NO2.C7H6O3.CH4/c1-21(2)18(27-20(24)22-8-7-15-4-3-9-25-15)11-14-10-13-5-6-19(23)26-16(13)12-17(14)28-21;1-14(2)12(15)6-9-5-8-3-4-13(16)17-10(8)7-11(9)18-14;8-10-9-7(11)4-3-6-2-1-5-12-6;2*9-6-8-4-3-7-2-1-5-10-7;8-7(9)4-3-6-2-1-5-10-6;/h3-10,12,18H,11H2,1-2H3,(H,22,24);3-5,7,12,15H,6H2,1-2H3;1-5H;2*1-5H;1-5H,(H,8,9);1H4/b8-7+;;4*4-3+;/t18-;12-;;;;;/m00...../s1. The Morgan fingerprint density at radius 2 is 1.04 bits per heavy atom. The maximum Gasteiger partial charge on any atom is 0.411 e. The molecule has 3 N–H and O–H groups in total. The zero-order chi connectivity index (χ0) is 63.3. The highest BCUT2D eigenvalue weighted by Gasteiger charge is 2.40. The van der Waals surface area contributed by atoms with Gasteiger partial charge in [0.05, 0.1) is 37.4 Å². The fraction of sp³-hybridized carbons (Fsp3) is 0.172. The number of carbonyl (C=O) groups is 3. The minimum atomic E-state index is -0.976. The third-order valence-corrected chi connectivity index (χ3v) is 11.8. The molecule has 0 unspecified atom stereocenters. The lowest BCUT2D eigenvalue weighted by atomic mass is 9.90. The quantitative estimate of drug-likeness (QED) is 0.0206. The number of benzene rings is 2. The number of carboxylic acids is 1. The minimum absolute atomic E-state index is 0. The van der Waals surface area contributed by atoms with E-state index in [4.69, 9.17) is 55.8 Å². The summed E-state index contributed by atoms with van der Waals surface area (Å²) in [4.78, 5) is 83.2. The van der Waals surface area contributed by atoms with E-state index in [1.54, 1.807) is 122 Å². The van der Waals surface area contributed by atoms with Crippen molar-refractivity contribution < 1.29 is 79.3 Å². The molecule has 25 heteroatoms. The second-order valence-corrected chi connectivity index (χ2v) is 18.9. The molecule has 0 bridgehead atoms. The summed E-state index contributed by atoms with van der Waals surface area (Å²) >= 11 is 0. The van der Waals surface area contributed by atoms with Gasteiger partial charge in [0.1, 0.15) is 68.8 Å². The number of furan rings is 5. The van der Waals surface area contributed by atoms with Gasteiger partial charge in [-0.05, 0) is 171 Å². The van der Waals surface area contributed by atoms with Gasteiger partial charge < -0.3 is 55.3 Å². The third kappa shape index (κ3) is 22.5. The van der Waals surface area contributed by atoms with Crippen molar-refractivity contribution in [1.82, 2.24) is 5.32 Å². The number of aliphatic hydroxyl groups excluding tert-OH is 1. The van der Waals surface area contributed by atoms with E-state index in [2.05, 4.69) is 25.3 Å². The van der Waals surface area contributed by atoms with Crippen LogP contribution in [-0.4, -0.2) is 63.8 Å². The molecule has 7 aromatic heterocycles. The van der Waals surface area contributed by atoms with Crippen LogP contribution in [0.4, 0.5) is 4.79 Å². The molecule has 458 valence electrons. The van der Waals surface area contributed by atoms with Gasteiger partial charge >= 0.3 is 23.3 Å². The number of aliphatic imine (C=N–C) groups is 2. The van der Waals surface area contributed by atoms with Crippen molar-refractivity contribution >= 4 is 82.4 Å². The van der Waals surface area contributed by atoms with Gasteiger partial charge in [0.2, 0.25) is 18.1 Å². The number of isocyanates is 2. The number of hydrogen-bond donors (Lipinski definition) is 3. The van der Waals surface area contributed by atoms with Crippen LogP contribution in [0.3, 0.4) is 0 Å². The van der Waals surface area contributed by atoms with Gasteiger partial charge in [-0.1, -0.05) is 7.43 Å². The lowest BCUT2D eigenvalue weighted by Crippen LogP contribution is -2.49. The molecule has 9 aromatic rings. The summed E-state index contributed by atoms with van der Waals surface area (Å²) in [6.45, 7) is 7.37. The summed E-state index contributed by atoms with van der Waals surface area (Å²) in [5, 5.41) is 25.2. The number of carbonyl (C=O) groups excluding carboxylic acids is 4. The molecule has 0 saturated heterocycles. The highest BCUT2D eigenvalue weighted by atomic mass is 16.6. The van der Waals surface area contributed by atoms with Gasteiger partial charge in [-0.2, -0.15) is 9.98 Å². The zero-order valence-electron chi connectivity index (χ0n) is 47.2. The van der Waals surface area contributed by atoms with Gasteiger partial charge in [0.25, 0.3) is 0 Å². The molecule has 0 aliphatic carbocycles. The first-order chi connectivity index (χ1) is 42.3. The number of hydrogen-bond acceptors (Lipinski definition) is 20. The largest absolute Gasteiger partial charge is 0.485 e. The fourth-order valence-corrected chi connectivity index (χ4v) is 7.53. The predicted molar refractivity (Wildman–Crippen MR) is 325 cm³/mol. The molecule has 0 fully saturated rings. The number of nitrogens with one attached hydrogen (secondary N) is 1. The molecular formula is C64H58N6O19. The first-order valence-corrected chi connectivity index (χ1v) is 26.0. The molecule has 2 aromatic carbocycles. The topological polar surface area (TPSA) is 365 Å². The van der Waals surface area contributed by atoms with Gasteiger partial charge in [-0.3, -0.25) is 10.1 Å². The second kappa shape index (κ2) is 34.1. The Morgan fingerprint density at radius 1 is 0.618 bits per heavy atom. The molecule has 89 heavy (non-hydrogen) atoms. The Labute approximate surface area is 505 Å².